The SMILES string of the molecule is Cc1ccccc1Cn1c(C(=O)[O-])c(C=O)c2ccccc21. The highest BCUT2D eigenvalue weighted by Gasteiger charge is 2.17. The lowest BCUT2D eigenvalue weighted by Crippen LogP contribution is -2.27. The van der Waals surface area contributed by atoms with Crippen molar-refractivity contribution in [1.82, 2.24) is 4.57 Å². The molecule has 0 unspecified atom stereocenters. The summed E-state index contributed by atoms with van der Waals surface area (Å²) in [5.41, 5.74) is 2.89. The number of benzene rings is 2. The number of para-hydroxylation sites is 1. The molecule has 0 saturated heterocycles. The van der Waals surface area contributed by atoms with E-state index in [0.717, 1.165) is 11.1 Å². The van der Waals surface area contributed by atoms with Crippen molar-refractivity contribution in [2.45, 2.75) is 13.5 Å². The van der Waals surface area contributed by atoms with E-state index in [2.05, 4.69) is 0 Å². The Balaban J connectivity index is 2.28. The monoisotopic (exact) mass is 292 g/mol. The fourth-order valence-corrected chi connectivity index (χ4v) is 2.79. The highest BCUT2D eigenvalue weighted by Crippen LogP contribution is 2.26. The van der Waals surface area contributed by atoms with Gasteiger partial charge in [-0.3, -0.25) is 4.79 Å². The molecular weight excluding hydrogens is 278 g/mol. The van der Waals surface area contributed by atoms with Gasteiger partial charge in [-0.05, 0) is 24.1 Å². The Kier molecular flexibility index (Phi) is 3.51. The maximum absolute atomic E-state index is 11.6. The third-order valence-electron chi connectivity index (χ3n) is 3.91. The Morgan fingerprint density at radius 1 is 1.14 bits per heavy atom. The van der Waals surface area contributed by atoms with E-state index in [9.17, 15) is 14.7 Å². The third kappa shape index (κ3) is 2.19. The fourth-order valence-electron chi connectivity index (χ4n) is 2.79. The number of aryl methyl sites for hydroxylation is 1. The van der Waals surface area contributed by atoms with Crippen LogP contribution in [0.1, 0.15) is 32.0 Å². The summed E-state index contributed by atoms with van der Waals surface area (Å²) in [7, 11) is 0. The highest BCUT2D eigenvalue weighted by atomic mass is 16.4. The number of fused-ring (bicyclic) bond motifs is 1. The number of nitrogens with zero attached hydrogens (tertiary/aromatic N) is 1. The summed E-state index contributed by atoms with van der Waals surface area (Å²) in [5, 5.41) is 12.2. The molecule has 4 nitrogen and oxygen atoms in total. The molecule has 0 aliphatic heterocycles. The van der Waals surface area contributed by atoms with Crippen LogP contribution in [0.4, 0.5) is 0 Å². The normalized spacial score (nSPS) is 10.8. The van der Waals surface area contributed by atoms with Gasteiger partial charge >= 0.3 is 0 Å². The number of aldehydes is 1. The summed E-state index contributed by atoms with van der Waals surface area (Å²) in [5.74, 6) is -1.34. The number of aromatic carboxylic acids is 1. The van der Waals surface area contributed by atoms with Crippen LogP contribution in [0.25, 0.3) is 10.9 Å². The average Bonchev–Trinajstić information content (AvgIpc) is 2.83. The Labute approximate surface area is 127 Å². The molecular formula is C18H14NO3-. The van der Waals surface area contributed by atoms with Crippen molar-refractivity contribution in [1.29, 1.82) is 0 Å². The summed E-state index contributed by atoms with van der Waals surface area (Å²) in [6, 6.07) is 14.9. The number of carbonyl (C=O) groups excluding carboxylic acids is 2. The molecule has 22 heavy (non-hydrogen) atoms. The first kappa shape index (κ1) is 14.1. The second-order valence-corrected chi connectivity index (χ2v) is 5.20. The Bertz CT molecular complexity index is 877. The van der Waals surface area contributed by atoms with Crippen LogP contribution in [-0.2, 0) is 6.54 Å². The standard InChI is InChI=1S/C18H15NO3/c1-12-6-2-3-7-13(12)10-19-16-9-5-4-8-14(16)15(11-20)17(19)18(21)22/h2-9,11H,10H2,1H3,(H,21,22)/p-1. The van der Waals surface area contributed by atoms with E-state index >= 15 is 0 Å². The van der Waals surface area contributed by atoms with Crippen molar-refractivity contribution < 1.29 is 14.7 Å². The Morgan fingerprint density at radius 2 is 1.82 bits per heavy atom. The molecule has 0 radical (unpaired) electrons. The van der Waals surface area contributed by atoms with Gasteiger partial charge in [-0.2, -0.15) is 0 Å². The van der Waals surface area contributed by atoms with Crippen LogP contribution < -0.4 is 5.11 Å². The van der Waals surface area contributed by atoms with Crippen LogP contribution in [-0.4, -0.2) is 16.8 Å². The zero-order valence-corrected chi connectivity index (χ0v) is 12.1. The van der Waals surface area contributed by atoms with E-state index in [1.54, 1.807) is 16.7 Å². The van der Waals surface area contributed by atoms with Crippen LogP contribution in [0.3, 0.4) is 0 Å². The van der Waals surface area contributed by atoms with Gasteiger partial charge in [-0.1, -0.05) is 42.5 Å². The largest absolute Gasteiger partial charge is 0.543 e. The number of rotatable bonds is 4. The van der Waals surface area contributed by atoms with E-state index in [-0.39, 0.29) is 11.3 Å². The second-order valence-electron chi connectivity index (χ2n) is 5.20. The molecule has 2 aromatic carbocycles. The Morgan fingerprint density at radius 3 is 2.50 bits per heavy atom. The molecule has 0 fully saturated rings. The van der Waals surface area contributed by atoms with Gasteiger partial charge < -0.3 is 14.5 Å². The van der Waals surface area contributed by atoms with Crippen molar-refractivity contribution >= 4 is 23.2 Å². The Hall–Kier alpha value is -2.88. The molecule has 0 amide bonds. The maximum atomic E-state index is 11.6. The molecule has 0 aliphatic carbocycles. The molecule has 0 aliphatic rings. The summed E-state index contributed by atoms with van der Waals surface area (Å²) in [4.78, 5) is 22.9. The van der Waals surface area contributed by atoms with Crippen molar-refractivity contribution in [2.24, 2.45) is 0 Å². The molecule has 1 heterocycles. The lowest BCUT2D eigenvalue weighted by atomic mass is 10.1. The molecule has 3 aromatic rings. The average molecular weight is 292 g/mol. The lowest BCUT2D eigenvalue weighted by Gasteiger charge is -2.13. The van der Waals surface area contributed by atoms with E-state index in [1.807, 2.05) is 43.3 Å². The second kappa shape index (κ2) is 5.48. The number of carboxylic acids is 1. The minimum Gasteiger partial charge on any atom is -0.543 e. The third-order valence-corrected chi connectivity index (χ3v) is 3.91. The van der Waals surface area contributed by atoms with Crippen LogP contribution in [0.5, 0.6) is 0 Å². The fraction of sp³-hybridized carbons (Fsp3) is 0.111. The van der Waals surface area contributed by atoms with E-state index in [1.165, 1.54) is 0 Å². The minimum atomic E-state index is -1.34. The summed E-state index contributed by atoms with van der Waals surface area (Å²) in [6.07, 6.45) is 0.585. The van der Waals surface area contributed by atoms with Gasteiger partial charge in [-0.15, -0.1) is 0 Å². The summed E-state index contributed by atoms with van der Waals surface area (Å²) < 4.78 is 1.64. The molecule has 3 rings (SSSR count). The number of aromatic nitrogens is 1. The predicted octanol–water partition coefficient (Wildman–Crippen LogP) is 2.17. The quantitative estimate of drug-likeness (QED) is 0.692. The van der Waals surface area contributed by atoms with Crippen LogP contribution in [0.2, 0.25) is 0 Å². The number of hydrogen-bond acceptors (Lipinski definition) is 3. The first-order valence-electron chi connectivity index (χ1n) is 6.95. The molecule has 4 heteroatoms. The first-order chi connectivity index (χ1) is 10.6. The van der Waals surface area contributed by atoms with E-state index in [4.69, 9.17) is 0 Å². The molecule has 110 valence electrons. The van der Waals surface area contributed by atoms with Gasteiger partial charge in [0.15, 0.2) is 6.29 Å². The molecule has 0 atom stereocenters. The molecule has 0 spiro atoms. The zero-order chi connectivity index (χ0) is 15.7. The van der Waals surface area contributed by atoms with Crippen LogP contribution >= 0.6 is 0 Å². The van der Waals surface area contributed by atoms with E-state index < -0.39 is 5.97 Å². The van der Waals surface area contributed by atoms with Crippen LogP contribution in [0, 0.1) is 6.92 Å². The number of carbonyl (C=O) groups is 2. The molecule has 0 N–H and O–H groups in total. The van der Waals surface area contributed by atoms with Crippen molar-refractivity contribution in [3.05, 3.63) is 70.9 Å². The van der Waals surface area contributed by atoms with E-state index in [0.29, 0.717) is 23.7 Å². The van der Waals surface area contributed by atoms with Gasteiger partial charge in [0.05, 0.1) is 11.7 Å². The summed E-state index contributed by atoms with van der Waals surface area (Å²) >= 11 is 0. The summed E-state index contributed by atoms with van der Waals surface area (Å²) in [6.45, 7) is 2.35. The number of carboxylic acid groups (broad SMARTS) is 1. The topological polar surface area (TPSA) is 62.1 Å². The van der Waals surface area contributed by atoms with Gasteiger partial charge in [0.25, 0.3) is 0 Å². The smallest absolute Gasteiger partial charge is 0.152 e. The predicted molar refractivity (Wildman–Crippen MR) is 81.9 cm³/mol. The van der Waals surface area contributed by atoms with Gasteiger partial charge in [0.1, 0.15) is 0 Å². The molecule has 1 aromatic heterocycles. The maximum Gasteiger partial charge on any atom is 0.152 e. The molecule has 0 bridgehead atoms. The van der Waals surface area contributed by atoms with Crippen molar-refractivity contribution in [2.75, 3.05) is 0 Å². The van der Waals surface area contributed by atoms with Crippen LogP contribution in [0.15, 0.2) is 48.5 Å². The number of hydrogen-bond donors (Lipinski definition) is 0. The van der Waals surface area contributed by atoms with Gasteiger partial charge in [0, 0.05) is 23.0 Å². The first-order valence-corrected chi connectivity index (χ1v) is 6.95. The van der Waals surface area contributed by atoms with Gasteiger partial charge in [-0.25, -0.2) is 0 Å². The van der Waals surface area contributed by atoms with Gasteiger partial charge in [0.2, 0.25) is 0 Å². The molecule has 0 saturated carbocycles. The lowest BCUT2D eigenvalue weighted by molar-refractivity contribution is -0.255. The van der Waals surface area contributed by atoms with Crippen molar-refractivity contribution in [3.8, 4) is 0 Å². The minimum absolute atomic E-state index is 0.0700. The highest BCUT2D eigenvalue weighted by molar-refractivity contribution is 6.07. The zero-order valence-electron chi connectivity index (χ0n) is 12.1. The van der Waals surface area contributed by atoms with Crippen molar-refractivity contribution in [3.63, 3.8) is 0 Å².